The summed E-state index contributed by atoms with van der Waals surface area (Å²) in [6.45, 7) is 7.70. The van der Waals surface area contributed by atoms with E-state index >= 15 is 0 Å². The van der Waals surface area contributed by atoms with Crippen LogP contribution in [0.1, 0.15) is 32.3 Å². The van der Waals surface area contributed by atoms with Crippen LogP contribution in [-0.4, -0.2) is 39.6 Å². The predicted octanol–water partition coefficient (Wildman–Crippen LogP) is 4.70. The van der Waals surface area contributed by atoms with Crippen LogP contribution in [0.4, 0.5) is 0 Å². The fourth-order valence-corrected chi connectivity index (χ4v) is 4.83. The van der Waals surface area contributed by atoms with Crippen molar-refractivity contribution in [3.8, 4) is 11.1 Å². The van der Waals surface area contributed by atoms with Gasteiger partial charge in [0.1, 0.15) is 4.83 Å². The van der Waals surface area contributed by atoms with Gasteiger partial charge in [-0.1, -0.05) is 55.4 Å². The first-order chi connectivity index (χ1) is 13.5. The van der Waals surface area contributed by atoms with Gasteiger partial charge in [0.15, 0.2) is 5.16 Å². The molecule has 0 spiro atoms. The van der Waals surface area contributed by atoms with Crippen LogP contribution in [0.2, 0.25) is 0 Å². The van der Waals surface area contributed by atoms with E-state index in [1.165, 1.54) is 28.7 Å². The van der Waals surface area contributed by atoms with Crippen molar-refractivity contribution in [1.82, 2.24) is 14.9 Å². The van der Waals surface area contributed by atoms with E-state index in [0.29, 0.717) is 15.4 Å². The highest BCUT2D eigenvalue weighted by atomic mass is 32.2. The molecule has 0 radical (unpaired) electrons. The molecule has 3 rings (SSSR count). The van der Waals surface area contributed by atoms with E-state index in [1.807, 2.05) is 41.5 Å². The molecular weight excluding hydrogens is 390 g/mol. The highest BCUT2D eigenvalue weighted by Crippen LogP contribution is 2.31. The van der Waals surface area contributed by atoms with Crippen molar-refractivity contribution in [3.05, 3.63) is 45.6 Å². The van der Waals surface area contributed by atoms with Crippen LogP contribution in [0, 0.1) is 6.92 Å². The summed E-state index contributed by atoms with van der Waals surface area (Å²) in [7, 11) is 0. The molecule has 0 aliphatic heterocycles. The number of carbonyl (C=O) groups is 1. The van der Waals surface area contributed by atoms with Crippen molar-refractivity contribution in [2.75, 3.05) is 18.8 Å². The number of thioether (sulfide) groups is 1. The molecule has 148 valence electrons. The van der Waals surface area contributed by atoms with Gasteiger partial charge >= 0.3 is 0 Å². The summed E-state index contributed by atoms with van der Waals surface area (Å²) in [6, 6.07) is 8.12. The number of thiophene rings is 1. The number of carbonyl (C=O) groups excluding carboxylic acids is 1. The number of fused-ring (bicyclic) bond motifs is 1. The number of aromatic nitrogens is 2. The summed E-state index contributed by atoms with van der Waals surface area (Å²) in [5.74, 6) is 0.368. The summed E-state index contributed by atoms with van der Waals surface area (Å²) in [6.07, 6.45) is 1.88. The smallest absolute Gasteiger partial charge is 0.260 e. The second-order valence-corrected chi connectivity index (χ2v) is 8.56. The van der Waals surface area contributed by atoms with Crippen LogP contribution in [0.25, 0.3) is 21.3 Å². The summed E-state index contributed by atoms with van der Waals surface area (Å²) in [5, 5.41) is 3.08. The van der Waals surface area contributed by atoms with Gasteiger partial charge in [-0.3, -0.25) is 9.59 Å². The largest absolute Gasteiger partial charge is 0.342 e. The molecule has 0 saturated carbocycles. The first kappa shape index (κ1) is 20.6. The average molecular weight is 416 g/mol. The number of H-pyrrole nitrogens is 1. The van der Waals surface area contributed by atoms with Gasteiger partial charge in [0.2, 0.25) is 5.91 Å². The molecular formula is C21H25N3O2S2. The van der Waals surface area contributed by atoms with Gasteiger partial charge in [-0.2, -0.15) is 0 Å². The first-order valence-corrected chi connectivity index (χ1v) is 11.4. The Morgan fingerprint density at radius 1 is 1.18 bits per heavy atom. The molecule has 1 aromatic carbocycles. The quantitative estimate of drug-likeness (QED) is 0.428. The van der Waals surface area contributed by atoms with E-state index in [2.05, 4.69) is 23.8 Å². The van der Waals surface area contributed by atoms with Crippen molar-refractivity contribution >= 4 is 39.2 Å². The summed E-state index contributed by atoms with van der Waals surface area (Å²) < 4.78 is 0. The molecule has 0 bridgehead atoms. The number of aromatic amines is 1. The molecule has 3 aromatic rings. The SMILES string of the molecule is CCCN(CCC)C(=O)CSc1nc2scc(-c3ccc(C)cc3)c2c(=O)[nH]1. The van der Waals surface area contributed by atoms with Crippen LogP contribution in [0.15, 0.2) is 39.6 Å². The lowest BCUT2D eigenvalue weighted by Crippen LogP contribution is -2.33. The monoisotopic (exact) mass is 415 g/mol. The number of hydrogen-bond acceptors (Lipinski definition) is 5. The molecule has 0 fully saturated rings. The van der Waals surface area contributed by atoms with E-state index in [4.69, 9.17) is 0 Å². The molecule has 0 saturated heterocycles. The van der Waals surface area contributed by atoms with E-state index in [-0.39, 0.29) is 17.2 Å². The molecule has 2 heterocycles. The zero-order chi connectivity index (χ0) is 20.1. The van der Waals surface area contributed by atoms with E-state index < -0.39 is 0 Å². The maximum Gasteiger partial charge on any atom is 0.260 e. The summed E-state index contributed by atoms with van der Waals surface area (Å²) in [4.78, 5) is 35.2. The number of nitrogens with zero attached hydrogens (tertiary/aromatic N) is 2. The Morgan fingerprint density at radius 3 is 2.50 bits per heavy atom. The zero-order valence-electron chi connectivity index (χ0n) is 16.4. The third-order valence-corrected chi connectivity index (χ3v) is 6.19. The second kappa shape index (κ2) is 9.39. The highest BCUT2D eigenvalue weighted by molar-refractivity contribution is 7.99. The molecule has 0 unspecified atom stereocenters. The predicted molar refractivity (Wildman–Crippen MR) is 118 cm³/mol. The van der Waals surface area contributed by atoms with Crippen LogP contribution in [0.3, 0.4) is 0 Å². The molecule has 1 amide bonds. The normalized spacial score (nSPS) is 11.1. The maximum absolute atomic E-state index is 12.7. The molecule has 1 N–H and O–H groups in total. The first-order valence-electron chi connectivity index (χ1n) is 9.52. The van der Waals surface area contributed by atoms with Crippen LogP contribution >= 0.6 is 23.1 Å². The lowest BCUT2D eigenvalue weighted by atomic mass is 10.1. The third kappa shape index (κ3) is 4.64. The van der Waals surface area contributed by atoms with Crippen LogP contribution in [0.5, 0.6) is 0 Å². The van der Waals surface area contributed by atoms with Gasteiger partial charge in [-0.05, 0) is 25.3 Å². The minimum atomic E-state index is -0.157. The van der Waals surface area contributed by atoms with Crippen molar-refractivity contribution in [2.24, 2.45) is 0 Å². The lowest BCUT2D eigenvalue weighted by Gasteiger charge is -2.21. The Labute approximate surface area is 173 Å². The van der Waals surface area contributed by atoms with Crippen molar-refractivity contribution in [3.63, 3.8) is 0 Å². The van der Waals surface area contributed by atoms with Crippen LogP contribution < -0.4 is 5.56 Å². The number of hydrogen-bond donors (Lipinski definition) is 1. The fourth-order valence-electron chi connectivity index (χ4n) is 3.07. The molecule has 0 aliphatic rings. The standard InChI is InChI=1S/C21H25N3O2S2/c1-4-10-24(11-5-2)17(25)13-28-21-22-19(26)18-16(12-27-20(18)23-21)15-8-6-14(3)7-9-15/h6-9,12H,4-5,10-11,13H2,1-3H3,(H,22,23,26). The van der Waals surface area contributed by atoms with Gasteiger partial charge < -0.3 is 9.88 Å². The van der Waals surface area contributed by atoms with Crippen molar-refractivity contribution < 1.29 is 4.79 Å². The Hall–Kier alpha value is -2.12. The minimum absolute atomic E-state index is 0.0861. The van der Waals surface area contributed by atoms with Crippen LogP contribution in [-0.2, 0) is 4.79 Å². The lowest BCUT2D eigenvalue weighted by molar-refractivity contribution is -0.128. The third-order valence-electron chi connectivity index (χ3n) is 4.46. The average Bonchev–Trinajstić information content (AvgIpc) is 3.11. The van der Waals surface area contributed by atoms with Gasteiger partial charge in [0.25, 0.3) is 5.56 Å². The molecule has 0 aliphatic carbocycles. The number of aryl methyl sites for hydroxylation is 1. The number of rotatable bonds is 8. The van der Waals surface area contributed by atoms with Crippen molar-refractivity contribution in [1.29, 1.82) is 0 Å². The van der Waals surface area contributed by atoms with E-state index in [1.54, 1.807) is 0 Å². The summed E-state index contributed by atoms with van der Waals surface area (Å²) >= 11 is 2.75. The molecule has 28 heavy (non-hydrogen) atoms. The van der Waals surface area contributed by atoms with E-state index in [9.17, 15) is 9.59 Å². The highest BCUT2D eigenvalue weighted by Gasteiger charge is 2.16. The summed E-state index contributed by atoms with van der Waals surface area (Å²) in [5.41, 5.74) is 2.93. The molecule has 5 nitrogen and oxygen atoms in total. The topological polar surface area (TPSA) is 66.1 Å². The maximum atomic E-state index is 12.7. The molecule has 0 atom stereocenters. The van der Waals surface area contributed by atoms with Gasteiger partial charge in [-0.25, -0.2) is 4.98 Å². The number of amides is 1. The van der Waals surface area contributed by atoms with Gasteiger partial charge in [0.05, 0.1) is 11.1 Å². The number of nitrogens with one attached hydrogen (secondary N) is 1. The van der Waals surface area contributed by atoms with Crippen molar-refractivity contribution in [2.45, 2.75) is 38.8 Å². The Balaban J connectivity index is 1.80. The zero-order valence-corrected chi connectivity index (χ0v) is 18.1. The Kier molecular flexibility index (Phi) is 6.91. The minimum Gasteiger partial charge on any atom is -0.342 e. The van der Waals surface area contributed by atoms with Gasteiger partial charge in [-0.15, -0.1) is 11.3 Å². The number of benzene rings is 1. The fraction of sp³-hybridized carbons (Fsp3) is 0.381. The Bertz CT molecular complexity index is 1000. The Morgan fingerprint density at radius 2 is 1.86 bits per heavy atom. The second-order valence-electron chi connectivity index (χ2n) is 6.74. The van der Waals surface area contributed by atoms with E-state index in [0.717, 1.165) is 37.1 Å². The molecule has 2 aromatic heterocycles. The van der Waals surface area contributed by atoms with Gasteiger partial charge in [0, 0.05) is 24.0 Å². The molecule has 7 heteroatoms.